The molecule has 0 bridgehead atoms. The molecule has 0 aromatic heterocycles. The Bertz CT molecular complexity index is 684. The van der Waals surface area contributed by atoms with Gasteiger partial charge in [0.05, 0.1) is 18.8 Å². The normalized spacial score (nSPS) is 20.6. The van der Waals surface area contributed by atoms with Gasteiger partial charge in [-0.1, -0.05) is 12.1 Å². The minimum absolute atomic E-state index is 0.125. The molecule has 0 unspecified atom stereocenters. The van der Waals surface area contributed by atoms with Crippen LogP contribution in [0.4, 0.5) is 10.5 Å². The number of rotatable bonds is 4. The van der Waals surface area contributed by atoms with Crippen LogP contribution in [0.25, 0.3) is 5.57 Å². The Morgan fingerprint density at radius 1 is 1.46 bits per heavy atom. The van der Waals surface area contributed by atoms with Crippen molar-refractivity contribution in [3.05, 3.63) is 35.4 Å². The highest BCUT2D eigenvalue weighted by Crippen LogP contribution is 2.29. The zero-order valence-corrected chi connectivity index (χ0v) is 14.1. The fraction of sp³-hybridized carbons (Fsp3) is 0.444. The summed E-state index contributed by atoms with van der Waals surface area (Å²) < 4.78 is 5.33. The summed E-state index contributed by atoms with van der Waals surface area (Å²) in [7, 11) is 0. The molecule has 0 aliphatic carbocycles. The average Bonchev–Trinajstić information content (AvgIpc) is 2.94. The summed E-state index contributed by atoms with van der Waals surface area (Å²) in [4.78, 5) is 24.8. The van der Waals surface area contributed by atoms with E-state index in [1.807, 2.05) is 13.0 Å². The second kappa shape index (κ2) is 7.05. The van der Waals surface area contributed by atoms with E-state index in [1.54, 1.807) is 4.90 Å². The molecule has 0 saturated carbocycles. The molecule has 1 fully saturated rings. The molecule has 6 heteroatoms. The Hall–Kier alpha value is -2.34. The first-order chi connectivity index (χ1) is 11.5. The molecule has 1 saturated heterocycles. The maximum Gasteiger partial charge on any atom is 0.414 e. The molecule has 2 heterocycles. The van der Waals surface area contributed by atoms with Gasteiger partial charge in [-0.05, 0) is 48.7 Å². The van der Waals surface area contributed by atoms with E-state index in [-0.39, 0.29) is 18.1 Å². The number of nitrogens with zero attached hydrogens (tertiary/aromatic N) is 1. The molecule has 0 spiro atoms. The van der Waals surface area contributed by atoms with E-state index in [0.717, 1.165) is 30.8 Å². The fourth-order valence-corrected chi connectivity index (χ4v) is 3.12. The molecule has 6 nitrogen and oxygen atoms in total. The number of benzene rings is 1. The summed E-state index contributed by atoms with van der Waals surface area (Å²) in [6.07, 6.45) is 2.56. The van der Waals surface area contributed by atoms with Gasteiger partial charge in [-0.25, -0.2) is 4.79 Å². The van der Waals surface area contributed by atoms with E-state index >= 15 is 0 Å². The zero-order valence-electron chi connectivity index (χ0n) is 14.1. The van der Waals surface area contributed by atoms with Gasteiger partial charge in [0, 0.05) is 13.5 Å². The first-order valence-corrected chi connectivity index (χ1v) is 8.28. The molecule has 3 rings (SSSR count). The van der Waals surface area contributed by atoms with Crippen LogP contribution in [-0.2, 0) is 9.53 Å². The van der Waals surface area contributed by atoms with Crippen LogP contribution in [0.1, 0.15) is 24.5 Å². The summed E-state index contributed by atoms with van der Waals surface area (Å²) in [5.74, 6) is -0.125. The van der Waals surface area contributed by atoms with Gasteiger partial charge in [0.2, 0.25) is 5.91 Å². The van der Waals surface area contributed by atoms with Crippen LogP contribution < -0.4 is 15.5 Å². The second-order valence-electron chi connectivity index (χ2n) is 6.24. The maximum atomic E-state index is 12.1. The van der Waals surface area contributed by atoms with Crippen molar-refractivity contribution in [3.63, 3.8) is 0 Å². The molecule has 0 radical (unpaired) electrons. The maximum absolute atomic E-state index is 12.1. The number of aryl methyl sites for hydroxylation is 1. The number of carbonyl (C=O) groups excluding carboxylic acids is 2. The van der Waals surface area contributed by atoms with Crippen molar-refractivity contribution in [1.29, 1.82) is 0 Å². The lowest BCUT2D eigenvalue weighted by atomic mass is 9.98. The van der Waals surface area contributed by atoms with Gasteiger partial charge in [-0.3, -0.25) is 9.69 Å². The quantitative estimate of drug-likeness (QED) is 0.884. The number of amides is 2. The van der Waals surface area contributed by atoms with Crippen molar-refractivity contribution >= 4 is 23.3 Å². The van der Waals surface area contributed by atoms with Crippen molar-refractivity contribution in [2.24, 2.45) is 0 Å². The molecule has 1 atom stereocenters. The van der Waals surface area contributed by atoms with Gasteiger partial charge in [0.25, 0.3) is 0 Å². The largest absolute Gasteiger partial charge is 0.442 e. The number of anilines is 1. The molecular formula is C18H23N3O3. The predicted molar refractivity (Wildman–Crippen MR) is 92.9 cm³/mol. The zero-order chi connectivity index (χ0) is 17.1. The van der Waals surface area contributed by atoms with Crippen LogP contribution in [-0.4, -0.2) is 44.3 Å². The summed E-state index contributed by atoms with van der Waals surface area (Å²) in [6, 6.07) is 6.17. The van der Waals surface area contributed by atoms with E-state index in [4.69, 9.17) is 4.74 Å². The van der Waals surface area contributed by atoms with E-state index in [9.17, 15) is 9.59 Å². The van der Waals surface area contributed by atoms with Gasteiger partial charge in [-0.2, -0.15) is 0 Å². The van der Waals surface area contributed by atoms with Crippen LogP contribution in [0, 0.1) is 6.92 Å². The van der Waals surface area contributed by atoms with Crippen LogP contribution >= 0.6 is 0 Å². The Morgan fingerprint density at radius 3 is 2.96 bits per heavy atom. The lowest BCUT2D eigenvalue weighted by molar-refractivity contribution is -0.119. The fourth-order valence-electron chi connectivity index (χ4n) is 3.12. The first-order valence-electron chi connectivity index (χ1n) is 8.28. The highest BCUT2D eigenvalue weighted by atomic mass is 16.6. The first kappa shape index (κ1) is 16.5. The van der Waals surface area contributed by atoms with E-state index < -0.39 is 0 Å². The second-order valence-corrected chi connectivity index (χ2v) is 6.24. The predicted octanol–water partition coefficient (Wildman–Crippen LogP) is 1.83. The van der Waals surface area contributed by atoms with E-state index in [0.29, 0.717) is 13.1 Å². The number of carbonyl (C=O) groups is 2. The van der Waals surface area contributed by atoms with Crippen LogP contribution in [0.2, 0.25) is 0 Å². The lowest BCUT2D eigenvalue weighted by Crippen LogP contribution is -2.33. The van der Waals surface area contributed by atoms with Crippen LogP contribution in [0.5, 0.6) is 0 Å². The van der Waals surface area contributed by atoms with Crippen LogP contribution in [0.15, 0.2) is 24.3 Å². The summed E-state index contributed by atoms with van der Waals surface area (Å²) in [5.41, 5.74) is 4.46. The summed E-state index contributed by atoms with van der Waals surface area (Å²) in [5, 5.41) is 6.00. The molecular weight excluding hydrogens is 306 g/mol. The van der Waals surface area contributed by atoms with Gasteiger partial charge in [0.15, 0.2) is 0 Å². The van der Waals surface area contributed by atoms with Gasteiger partial charge in [0.1, 0.15) is 6.10 Å². The minimum atomic E-state index is -0.359. The summed E-state index contributed by atoms with van der Waals surface area (Å²) in [6.45, 7) is 6.15. The molecule has 2 amide bonds. The molecule has 1 aromatic carbocycles. The molecule has 2 aliphatic rings. The van der Waals surface area contributed by atoms with Crippen LogP contribution in [0.3, 0.4) is 0 Å². The smallest absolute Gasteiger partial charge is 0.414 e. The average molecular weight is 329 g/mol. The van der Waals surface area contributed by atoms with Gasteiger partial charge < -0.3 is 15.4 Å². The third-order valence-corrected chi connectivity index (χ3v) is 4.38. The van der Waals surface area contributed by atoms with E-state index in [1.165, 1.54) is 18.1 Å². The van der Waals surface area contributed by atoms with E-state index in [2.05, 4.69) is 28.8 Å². The standard InChI is InChI=1S/C18H23N3O3/c1-12-9-15(14-5-7-19-8-6-14)3-4-17(12)21-11-16(24-18(21)23)10-20-13(2)22/h3-5,9,16,19H,6-8,10-11H2,1-2H3,(H,20,22)/t16-/m0/s1. The Balaban J connectivity index is 1.74. The minimum Gasteiger partial charge on any atom is -0.442 e. The van der Waals surface area contributed by atoms with Gasteiger partial charge in [-0.15, -0.1) is 0 Å². The van der Waals surface area contributed by atoms with Crippen molar-refractivity contribution in [2.75, 3.05) is 31.1 Å². The molecule has 24 heavy (non-hydrogen) atoms. The van der Waals surface area contributed by atoms with Crippen molar-refractivity contribution < 1.29 is 14.3 Å². The Kier molecular flexibility index (Phi) is 4.85. The molecule has 1 aromatic rings. The third-order valence-electron chi connectivity index (χ3n) is 4.38. The van der Waals surface area contributed by atoms with Crippen molar-refractivity contribution in [3.8, 4) is 0 Å². The Morgan fingerprint density at radius 2 is 2.29 bits per heavy atom. The summed E-state index contributed by atoms with van der Waals surface area (Å²) >= 11 is 0. The number of hydrogen-bond donors (Lipinski definition) is 2. The third kappa shape index (κ3) is 3.59. The highest BCUT2D eigenvalue weighted by molar-refractivity contribution is 5.91. The topological polar surface area (TPSA) is 70.7 Å². The lowest BCUT2D eigenvalue weighted by Gasteiger charge is -2.19. The van der Waals surface area contributed by atoms with Crippen molar-refractivity contribution in [1.82, 2.24) is 10.6 Å². The number of cyclic esters (lactones) is 1. The van der Waals surface area contributed by atoms with Gasteiger partial charge >= 0.3 is 6.09 Å². The number of nitrogens with one attached hydrogen (secondary N) is 2. The van der Waals surface area contributed by atoms with Crippen molar-refractivity contribution in [2.45, 2.75) is 26.4 Å². The SMILES string of the molecule is CC(=O)NC[C@H]1CN(c2ccc(C3=CCNCC3)cc2C)C(=O)O1. The number of hydrogen-bond acceptors (Lipinski definition) is 4. The Labute approximate surface area is 141 Å². The molecule has 128 valence electrons. The molecule has 2 N–H and O–H groups in total. The molecule has 2 aliphatic heterocycles. The number of ether oxygens (including phenoxy) is 1. The monoisotopic (exact) mass is 329 g/mol. The highest BCUT2D eigenvalue weighted by Gasteiger charge is 2.33.